The van der Waals surface area contributed by atoms with Crippen molar-refractivity contribution in [1.29, 1.82) is 5.26 Å². The van der Waals surface area contributed by atoms with E-state index in [1.807, 2.05) is 24.4 Å². The first-order valence-electron chi connectivity index (χ1n) is 6.48. The molecule has 0 aliphatic heterocycles. The number of H-pyrrole nitrogens is 1. The largest absolute Gasteiger partial charge is 0.341 e. The van der Waals surface area contributed by atoms with Crippen LogP contribution in [0.3, 0.4) is 0 Å². The summed E-state index contributed by atoms with van der Waals surface area (Å²) in [7, 11) is 0. The molecule has 0 radical (unpaired) electrons. The van der Waals surface area contributed by atoms with Crippen molar-refractivity contribution < 1.29 is 4.79 Å². The molecule has 2 heterocycles. The summed E-state index contributed by atoms with van der Waals surface area (Å²) in [6.45, 7) is 2.98. The van der Waals surface area contributed by atoms with E-state index in [0.717, 1.165) is 10.7 Å². The average Bonchev–Trinajstić information content (AvgIpc) is 3.16. The Balaban J connectivity index is 1.88. The lowest BCUT2D eigenvalue weighted by Crippen LogP contribution is -2.33. The van der Waals surface area contributed by atoms with Gasteiger partial charge in [-0.3, -0.25) is 9.89 Å². The lowest BCUT2D eigenvalue weighted by Gasteiger charge is -2.18. The second kappa shape index (κ2) is 7.81. The van der Waals surface area contributed by atoms with Gasteiger partial charge in [0.15, 0.2) is 5.82 Å². The quantitative estimate of drug-likeness (QED) is 0.791. The smallest absolute Gasteiger partial charge is 0.233 e. The molecule has 0 bridgehead atoms. The van der Waals surface area contributed by atoms with E-state index in [1.54, 1.807) is 16.2 Å². The number of carbonyl (C=O) groups excluding carboxylic acids is 1. The predicted molar refractivity (Wildman–Crippen MR) is 82.9 cm³/mol. The van der Waals surface area contributed by atoms with Crippen LogP contribution in [0.15, 0.2) is 22.7 Å². The van der Waals surface area contributed by atoms with Crippen LogP contribution >= 0.6 is 23.1 Å². The fourth-order valence-electron chi connectivity index (χ4n) is 1.70. The minimum Gasteiger partial charge on any atom is -0.341 e. The molecule has 0 aromatic carbocycles. The molecule has 2 aromatic heterocycles. The molecule has 1 amide bonds. The number of hydrogen-bond donors (Lipinski definition) is 1. The Hall–Kier alpha value is -1.85. The Bertz CT molecular complexity index is 617. The molecule has 0 saturated carbocycles. The van der Waals surface area contributed by atoms with Crippen LogP contribution in [0.5, 0.6) is 0 Å². The van der Waals surface area contributed by atoms with Crippen LogP contribution in [0.25, 0.3) is 10.7 Å². The van der Waals surface area contributed by atoms with Gasteiger partial charge in [-0.05, 0) is 18.4 Å². The van der Waals surface area contributed by atoms with Gasteiger partial charge in [-0.2, -0.15) is 5.26 Å². The first kappa shape index (κ1) is 15.5. The number of thioether (sulfide) groups is 1. The standard InChI is InChI=1S/C13H15N5OS2/c1-2-18(7-4-6-14)11(19)9-21-13-15-12(16-17-13)10-5-3-8-20-10/h3,5,8H,2,4,7,9H2,1H3,(H,15,16,17). The van der Waals surface area contributed by atoms with Crippen LogP contribution in [0.2, 0.25) is 0 Å². The summed E-state index contributed by atoms with van der Waals surface area (Å²) < 4.78 is 0. The number of amides is 1. The van der Waals surface area contributed by atoms with Crippen molar-refractivity contribution >= 4 is 29.0 Å². The Morgan fingerprint density at radius 1 is 1.62 bits per heavy atom. The van der Waals surface area contributed by atoms with E-state index in [9.17, 15) is 4.79 Å². The molecule has 2 aromatic rings. The number of hydrogen-bond acceptors (Lipinski definition) is 6. The molecule has 6 nitrogen and oxygen atoms in total. The van der Waals surface area contributed by atoms with E-state index in [-0.39, 0.29) is 11.7 Å². The number of carbonyl (C=O) groups is 1. The number of rotatable bonds is 7. The summed E-state index contributed by atoms with van der Waals surface area (Å²) >= 11 is 2.88. The van der Waals surface area contributed by atoms with Crippen LogP contribution in [-0.2, 0) is 4.79 Å². The van der Waals surface area contributed by atoms with Crippen LogP contribution in [-0.4, -0.2) is 44.8 Å². The molecular weight excluding hydrogens is 306 g/mol. The van der Waals surface area contributed by atoms with Crippen molar-refractivity contribution in [3.05, 3.63) is 17.5 Å². The maximum atomic E-state index is 12.0. The summed E-state index contributed by atoms with van der Waals surface area (Å²) in [6, 6.07) is 5.97. The molecule has 0 fully saturated rings. The summed E-state index contributed by atoms with van der Waals surface area (Å²) in [5, 5.41) is 18.1. The van der Waals surface area contributed by atoms with Gasteiger partial charge < -0.3 is 4.90 Å². The molecule has 21 heavy (non-hydrogen) atoms. The predicted octanol–water partition coefficient (Wildman–Crippen LogP) is 2.39. The highest BCUT2D eigenvalue weighted by molar-refractivity contribution is 7.99. The molecule has 0 aliphatic carbocycles. The highest BCUT2D eigenvalue weighted by Gasteiger charge is 2.14. The average molecular weight is 321 g/mol. The third-order valence-electron chi connectivity index (χ3n) is 2.77. The maximum absolute atomic E-state index is 12.0. The van der Waals surface area contributed by atoms with Gasteiger partial charge >= 0.3 is 0 Å². The zero-order valence-corrected chi connectivity index (χ0v) is 13.2. The van der Waals surface area contributed by atoms with Crippen molar-refractivity contribution in [2.45, 2.75) is 18.5 Å². The summed E-state index contributed by atoms with van der Waals surface area (Å²) in [5.74, 6) is 0.998. The third kappa shape index (κ3) is 4.31. The van der Waals surface area contributed by atoms with Gasteiger partial charge in [0.05, 0.1) is 23.1 Å². The van der Waals surface area contributed by atoms with Gasteiger partial charge in [0, 0.05) is 13.1 Å². The molecule has 0 unspecified atom stereocenters. The number of nitrogens with zero attached hydrogens (tertiary/aromatic N) is 4. The van der Waals surface area contributed by atoms with E-state index in [0.29, 0.717) is 24.7 Å². The van der Waals surface area contributed by atoms with E-state index in [2.05, 4.69) is 21.3 Å². The number of aromatic amines is 1. The zero-order chi connectivity index (χ0) is 15.1. The molecule has 2 rings (SSSR count). The van der Waals surface area contributed by atoms with Gasteiger partial charge in [0.1, 0.15) is 0 Å². The van der Waals surface area contributed by atoms with E-state index in [1.165, 1.54) is 11.8 Å². The van der Waals surface area contributed by atoms with Crippen molar-refractivity contribution in [2.75, 3.05) is 18.8 Å². The maximum Gasteiger partial charge on any atom is 0.233 e. The normalized spacial score (nSPS) is 10.3. The van der Waals surface area contributed by atoms with Crippen molar-refractivity contribution in [1.82, 2.24) is 20.1 Å². The minimum atomic E-state index is 0.000207. The van der Waals surface area contributed by atoms with E-state index in [4.69, 9.17) is 5.26 Å². The molecule has 0 spiro atoms. The van der Waals surface area contributed by atoms with Crippen molar-refractivity contribution in [3.63, 3.8) is 0 Å². The lowest BCUT2D eigenvalue weighted by atomic mass is 10.4. The van der Waals surface area contributed by atoms with Gasteiger partial charge in [-0.1, -0.05) is 17.8 Å². The minimum absolute atomic E-state index is 0.000207. The lowest BCUT2D eigenvalue weighted by molar-refractivity contribution is -0.128. The summed E-state index contributed by atoms with van der Waals surface area (Å²) in [4.78, 5) is 19.1. The summed E-state index contributed by atoms with van der Waals surface area (Å²) in [6.07, 6.45) is 0.355. The Morgan fingerprint density at radius 2 is 2.48 bits per heavy atom. The third-order valence-corrected chi connectivity index (χ3v) is 4.48. The van der Waals surface area contributed by atoms with Crippen molar-refractivity contribution in [3.8, 4) is 16.8 Å². The topological polar surface area (TPSA) is 85.7 Å². The van der Waals surface area contributed by atoms with E-state index < -0.39 is 0 Å². The van der Waals surface area contributed by atoms with Crippen LogP contribution in [0, 0.1) is 11.3 Å². The Labute approximate surface area is 131 Å². The van der Waals surface area contributed by atoms with Gasteiger partial charge in [-0.25, -0.2) is 4.98 Å². The molecule has 110 valence electrons. The molecule has 0 atom stereocenters. The van der Waals surface area contributed by atoms with Gasteiger partial charge in [0.25, 0.3) is 0 Å². The second-order valence-corrected chi connectivity index (χ2v) is 6.00. The number of nitrogens with one attached hydrogen (secondary N) is 1. The first-order chi connectivity index (χ1) is 10.2. The number of aromatic nitrogens is 3. The summed E-state index contributed by atoms with van der Waals surface area (Å²) in [5.41, 5.74) is 0. The SMILES string of the molecule is CCN(CCC#N)C(=O)CSc1n[nH]c(-c2cccs2)n1. The highest BCUT2D eigenvalue weighted by atomic mass is 32.2. The zero-order valence-electron chi connectivity index (χ0n) is 11.6. The van der Waals surface area contributed by atoms with Gasteiger partial charge in [0.2, 0.25) is 11.1 Å². The monoisotopic (exact) mass is 321 g/mol. The Morgan fingerprint density at radius 3 is 3.14 bits per heavy atom. The van der Waals surface area contributed by atoms with Crippen LogP contribution < -0.4 is 0 Å². The molecule has 0 saturated heterocycles. The number of nitriles is 1. The fraction of sp³-hybridized carbons (Fsp3) is 0.385. The van der Waals surface area contributed by atoms with Gasteiger partial charge in [-0.15, -0.1) is 16.4 Å². The highest BCUT2D eigenvalue weighted by Crippen LogP contribution is 2.23. The van der Waals surface area contributed by atoms with Crippen LogP contribution in [0.4, 0.5) is 0 Å². The Kier molecular flexibility index (Phi) is 5.78. The number of thiophene rings is 1. The van der Waals surface area contributed by atoms with Crippen molar-refractivity contribution in [2.24, 2.45) is 0 Å². The molecule has 0 aliphatic rings. The first-order valence-corrected chi connectivity index (χ1v) is 8.35. The molecule has 8 heteroatoms. The molecular formula is C13H15N5OS2. The molecule has 1 N–H and O–H groups in total. The van der Waals surface area contributed by atoms with Crippen LogP contribution in [0.1, 0.15) is 13.3 Å². The second-order valence-electron chi connectivity index (χ2n) is 4.11. The fourth-order valence-corrected chi connectivity index (χ4v) is 3.06. The van der Waals surface area contributed by atoms with E-state index >= 15 is 0 Å².